The van der Waals surface area contributed by atoms with Crippen LogP contribution < -0.4 is 21.5 Å². The van der Waals surface area contributed by atoms with E-state index in [1.807, 2.05) is 38.1 Å². The van der Waals surface area contributed by atoms with Crippen molar-refractivity contribution in [2.24, 2.45) is 5.92 Å². The van der Waals surface area contributed by atoms with Gasteiger partial charge in [-0.05, 0) is 38.0 Å². The van der Waals surface area contributed by atoms with Gasteiger partial charge in [-0.3, -0.25) is 0 Å². The van der Waals surface area contributed by atoms with E-state index in [-0.39, 0.29) is 48.5 Å². The van der Waals surface area contributed by atoms with Crippen molar-refractivity contribution in [3.8, 4) is 5.88 Å². The molecule has 0 saturated carbocycles. The fraction of sp³-hybridized carbons (Fsp3) is 0.577. The molecule has 43 heavy (non-hydrogen) atoms. The number of nitrogens with two attached hydrogens (primary N) is 2. The summed E-state index contributed by atoms with van der Waals surface area (Å²) in [4.78, 5) is 16.9. The molecule has 0 amide bonds. The molecule has 5 atom stereocenters. The third-order valence-electron chi connectivity index (χ3n) is 6.14. The first-order valence-corrected chi connectivity index (χ1v) is 15.2. The number of carbonyl (C=O) groups is 1. The molecule has 7 N–H and O–H groups in total. The Kier molecular flexibility index (Phi) is 14.2. The molecule has 4 rings (SSSR count). The van der Waals surface area contributed by atoms with E-state index in [4.69, 9.17) is 70.6 Å². The minimum atomic E-state index is -1.83. The van der Waals surface area contributed by atoms with Gasteiger partial charge >= 0.3 is 14.8 Å². The van der Waals surface area contributed by atoms with E-state index in [0.717, 1.165) is 18.4 Å². The lowest BCUT2D eigenvalue weighted by Crippen LogP contribution is -2.28. The number of rotatable bonds is 13. The molecule has 1 aromatic heterocycles. The molecule has 5 unspecified atom stereocenters. The zero-order valence-electron chi connectivity index (χ0n) is 24.2. The number of anilines is 3. The number of hydrogen-bond donors (Lipinski definition) is 5. The van der Waals surface area contributed by atoms with Crippen molar-refractivity contribution in [2.45, 2.75) is 58.3 Å². The Labute approximate surface area is 256 Å². The van der Waals surface area contributed by atoms with Crippen molar-refractivity contribution in [2.75, 3.05) is 49.8 Å². The lowest BCUT2D eigenvalue weighted by Gasteiger charge is -2.29. The van der Waals surface area contributed by atoms with Crippen LogP contribution in [0.5, 0.6) is 5.88 Å². The first-order valence-electron chi connectivity index (χ1n) is 13.7. The number of carboxylic acid groups (broad SMARTS) is 2. The monoisotopic (exact) mass is 647 g/mol. The van der Waals surface area contributed by atoms with Gasteiger partial charge in [0.25, 0.3) is 0 Å². The van der Waals surface area contributed by atoms with Crippen LogP contribution in [-0.4, -0.2) is 78.0 Å². The largest absolute Gasteiger partial charge is 0.503 e. The number of nitrogen functional groups attached to an aromatic ring is 2. The number of halogens is 1. The standard InChI is InChI=1S/C25H37ClN5O7P.CH2O3/c1-4-32-20(33-5-2)14-34-24-21(27)22(30-25(28)31-24)29-23-15(3)11-18(37-23)13-36-39-35-10-9-19(38-39)16-7-6-8-17(26)12-16;2-1(3)4/h6-8,12,15,18-20,23H,4-5,9-11,13-14,27H2,1-3H3,(H3,28,29,30,31);(H2,2,3,4). The van der Waals surface area contributed by atoms with Gasteiger partial charge in [0.05, 0.1) is 25.4 Å². The molecule has 2 saturated heterocycles. The molecule has 0 spiro atoms. The van der Waals surface area contributed by atoms with E-state index < -0.39 is 21.0 Å². The maximum atomic E-state index is 8.56. The summed E-state index contributed by atoms with van der Waals surface area (Å²) >= 11 is 6.14. The van der Waals surface area contributed by atoms with Crippen LogP contribution in [0.15, 0.2) is 24.3 Å². The SMILES string of the molecule is CCOC(COc1nc(N)nc(NC2OC(COP3OCCC(c4cccc(Cl)c4)O3)CC2C)c1N)OCC.O=C(O)O. The Morgan fingerprint density at radius 1 is 1.23 bits per heavy atom. The summed E-state index contributed by atoms with van der Waals surface area (Å²) in [5.41, 5.74) is 13.4. The highest BCUT2D eigenvalue weighted by Gasteiger charge is 2.35. The van der Waals surface area contributed by atoms with E-state index in [1.54, 1.807) is 0 Å². The Morgan fingerprint density at radius 2 is 1.95 bits per heavy atom. The van der Waals surface area contributed by atoms with Gasteiger partial charge in [-0.2, -0.15) is 9.97 Å². The third-order valence-corrected chi connectivity index (χ3v) is 7.55. The number of aromatic nitrogens is 2. The van der Waals surface area contributed by atoms with E-state index in [0.29, 0.717) is 37.3 Å². The van der Waals surface area contributed by atoms with E-state index in [2.05, 4.69) is 22.2 Å². The summed E-state index contributed by atoms with van der Waals surface area (Å²) in [7, 11) is -1.50. The lowest BCUT2D eigenvalue weighted by atomic mass is 10.1. The van der Waals surface area contributed by atoms with Gasteiger partial charge in [0, 0.05) is 30.6 Å². The maximum Gasteiger partial charge on any atom is 0.503 e. The molecule has 1 aromatic carbocycles. The van der Waals surface area contributed by atoms with Crippen LogP contribution >= 0.6 is 20.2 Å². The number of nitrogens with one attached hydrogen (secondary N) is 1. The van der Waals surface area contributed by atoms with Crippen LogP contribution in [0.1, 0.15) is 45.3 Å². The summed E-state index contributed by atoms with van der Waals surface area (Å²) in [6.45, 7) is 7.74. The highest BCUT2D eigenvalue weighted by Crippen LogP contribution is 2.50. The van der Waals surface area contributed by atoms with Gasteiger partial charge in [0.1, 0.15) is 18.5 Å². The molecule has 0 aliphatic carbocycles. The third kappa shape index (κ3) is 11.4. The van der Waals surface area contributed by atoms with Gasteiger partial charge in [-0.1, -0.05) is 30.7 Å². The summed E-state index contributed by atoms with van der Waals surface area (Å²) in [6, 6.07) is 7.64. The molecule has 2 aromatic rings. The second-order valence-corrected chi connectivity index (χ2v) is 11.0. The maximum absolute atomic E-state index is 8.56. The molecule has 15 nitrogen and oxygen atoms in total. The second-order valence-electron chi connectivity index (χ2n) is 9.41. The fourth-order valence-electron chi connectivity index (χ4n) is 4.27. The molecule has 240 valence electrons. The average molecular weight is 648 g/mol. The van der Waals surface area contributed by atoms with Crippen molar-refractivity contribution in [1.82, 2.24) is 9.97 Å². The van der Waals surface area contributed by atoms with Gasteiger partial charge in [0.2, 0.25) is 11.8 Å². The number of ether oxygens (including phenoxy) is 4. The normalized spacial score (nSPS) is 23.4. The second kappa shape index (κ2) is 17.5. The molecule has 0 radical (unpaired) electrons. The van der Waals surface area contributed by atoms with E-state index in [1.165, 1.54) is 0 Å². The number of benzene rings is 1. The first kappa shape index (κ1) is 34.7. The van der Waals surface area contributed by atoms with Crippen LogP contribution in [0.25, 0.3) is 0 Å². The van der Waals surface area contributed by atoms with Gasteiger partial charge < -0.3 is 59.5 Å². The first-order chi connectivity index (χ1) is 20.6. The molecule has 2 fully saturated rings. The minimum Gasteiger partial charge on any atom is -0.471 e. The van der Waals surface area contributed by atoms with Crippen molar-refractivity contribution < 1.29 is 47.5 Å². The number of hydrogen-bond acceptors (Lipinski definition) is 13. The van der Waals surface area contributed by atoms with E-state index in [9.17, 15) is 0 Å². The Balaban J connectivity index is 0.00000119. The molecule has 2 aliphatic heterocycles. The predicted molar refractivity (Wildman–Crippen MR) is 159 cm³/mol. The van der Waals surface area contributed by atoms with Gasteiger partial charge in [-0.15, -0.1) is 0 Å². The highest BCUT2D eigenvalue weighted by molar-refractivity contribution is 7.41. The number of nitrogens with zero attached hydrogens (tertiary/aromatic N) is 2. The smallest absolute Gasteiger partial charge is 0.471 e. The Bertz CT molecular complexity index is 1160. The summed E-state index contributed by atoms with van der Waals surface area (Å²) < 4.78 is 40.7. The lowest BCUT2D eigenvalue weighted by molar-refractivity contribution is -0.152. The van der Waals surface area contributed by atoms with E-state index >= 15 is 0 Å². The molecule has 0 bridgehead atoms. The van der Waals surface area contributed by atoms with Crippen LogP contribution in [0, 0.1) is 5.92 Å². The Hall–Kier alpha value is -2.75. The Morgan fingerprint density at radius 3 is 2.63 bits per heavy atom. The quantitative estimate of drug-likeness (QED) is 0.145. The molecule has 17 heteroatoms. The van der Waals surface area contributed by atoms with Crippen LogP contribution in [0.3, 0.4) is 0 Å². The summed E-state index contributed by atoms with van der Waals surface area (Å²) in [5, 5.41) is 17.8. The highest BCUT2D eigenvalue weighted by atomic mass is 35.5. The van der Waals surface area contributed by atoms with Gasteiger partial charge in [0.15, 0.2) is 12.1 Å². The minimum absolute atomic E-state index is 0.0141. The molecule has 2 aliphatic rings. The topological polar surface area (TPSA) is 212 Å². The van der Waals surface area contributed by atoms with Crippen molar-refractivity contribution in [3.05, 3.63) is 34.9 Å². The summed E-state index contributed by atoms with van der Waals surface area (Å²) in [5.74, 6) is 0.621. The van der Waals surface area contributed by atoms with Crippen molar-refractivity contribution in [1.29, 1.82) is 0 Å². The fourth-order valence-corrected chi connectivity index (χ4v) is 5.64. The molecular formula is C26H39ClN5O10P. The predicted octanol–water partition coefficient (Wildman–Crippen LogP) is 4.88. The van der Waals surface area contributed by atoms with Crippen molar-refractivity contribution in [3.63, 3.8) is 0 Å². The zero-order valence-corrected chi connectivity index (χ0v) is 25.8. The zero-order chi connectivity index (χ0) is 31.4. The van der Waals surface area contributed by atoms with Crippen LogP contribution in [-0.2, 0) is 27.8 Å². The van der Waals surface area contributed by atoms with Crippen LogP contribution in [0.4, 0.5) is 22.2 Å². The van der Waals surface area contributed by atoms with Crippen molar-refractivity contribution >= 4 is 43.8 Å². The molecular weight excluding hydrogens is 609 g/mol. The van der Waals surface area contributed by atoms with Gasteiger partial charge in [-0.25, -0.2) is 4.79 Å². The summed E-state index contributed by atoms with van der Waals surface area (Å²) in [6.07, 6.45) is -1.56. The molecule has 3 heterocycles. The van der Waals surface area contributed by atoms with Crippen LogP contribution in [0.2, 0.25) is 5.02 Å². The average Bonchev–Trinajstić information content (AvgIpc) is 3.31.